The Bertz CT molecular complexity index is 738. The molecule has 0 aromatic carbocycles. The molecule has 2 aromatic heterocycles. The van der Waals surface area contributed by atoms with E-state index >= 15 is 0 Å². The summed E-state index contributed by atoms with van der Waals surface area (Å²) in [4.78, 5) is 7.21. The summed E-state index contributed by atoms with van der Waals surface area (Å²) in [5, 5.41) is 1.26. The van der Waals surface area contributed by atoms with Crippen molar-refractivity contribution in [2.24, 2.45) is 0 Å². The monoisotopic (exact) mass is 535 g/mol. The summed E-state index contributed by atoms with van der Waals surface area (Å²) in [5.41, 5.74) is 2.33. The molecule has 1 aliphatic rings. The number of piperidine rings is 1. The van der Waals surface area contributed by atoms with Crippen molar-refractivity contribution in [2.45, 2.75) is 51.7 Å². The molecule has 4 nitrogen and oxygen atoms in total. The molecule has 2 aromatic rings. The number of halogens is 2. The molecule has 0 spiro atoms. The van der Waals surface area contributed by atoms with Crippen LogP contribution in [0.4, 0.5) is 5.69 Å². The van der Waals surface area contributed by atoms with Crippen molar-refractivity contribution in [3.05, 3.63) is 20.4 Å². The predicted molar refractivity (Wildman–Crippen MR) is 120 cm³/mol. The molecule has 0 aliphatic carbocycles. The van der Waals surface area contributed by atoms with Gasteiger partial charge in [-0.2, -0.15) is 0 Å². The highest BCUT2D eigenvalue weighted by atomic mass is 127. The SMILES string of the molecule is C[Si](C)(C)CCOCn1cc(I)c2c(N3CCCCC3)c(Br)cnc21. The molecule has 1 saturated heterocycles. The molecule has 7 heteroatoms. The van der Waals surface area contributed by atoms with Gasteiger partial charge in [0.2, 0.25) is 0 Å². The van der Waals surface area contributed by atoms with E-state index < -0.39 is 8.07 Å². The van der Waals surface area contributed by atoms with Crippen LogP contribution in [0.25, 0.3) is 11.0 Å². The standard InChI is InChI=1S/C18H27BrIN3OSi/c1-25(2,3)10-9-24-13-23-12-15(20)16-17(14(19)11-21-18(16)23)22-7-5-4-6-8-22/h11-12H,4-10,13H2,1-3H3. The normalized spacial score (nSPS) is 16.0. The van der Waals surface area contributed by atoms with Gasteiger partial charge in [0, 0.05) is 43.7 Å². The van der Waals surface area contributed by atoms with Crippen LogP contribution in [-0.4, -0.2) is 37.3 Å². The summed E-state index contributed by atoms with van der Waals surface area (Å²) >= 11 is 6.17. The molecule has 1 aliphatic heterocycles. The van der Waals surface area contributed by atoms with Gasteiger partial charge in [-0.3, -0.25) is 0 Å². The van der Waals surface area contributed by atoms with Crippen LogP contribution in [0.15, 0.2) is 16.9 Å². The van der Waals surface area contributed by atoms with E-state index in [0.717, 1.165) is 29.8 Å². The minimum absolute atomic E-state index is 0.581. The smallest absolute Gasteiger partial charge is 0.145 e. The minimum Gasteiger partial charge on any atom is -0.370 e. The van der Waals surface area contributed by atoms with Crippen molar-refractivity contribution in [2.75, 3.05) is 24.6 Å². The van der Waals surface area contributed by atoms with Crippen LogP contribution >= 0.6 is 38.5 Å². The third kappa shape index (κ3) is 4.78. The number of anilines is 1. The number of rotatable bonds is 6. The molecule has 0 radical (unpaired) electrons. The highest BCUT2D eigenvalue weighted by Gasteiger charge is 2.21. The molecule has 0 amide bonds. The first-order valence-corrected chi connectivity index (χ1v) is 14.6. The Morgan fingerprint density at radius 2 is 1.96 bits per heavy atom. The van der Waals surface area contributed by atoms with Crippen LogP contribution in [0.2, 0.25) is 25.7 Å². The Hall–Kier alpha value is -0.123. The fraction of sp³-hybridized carbons (Fsp3) is 0.611. The van der Waals surface area contributed by atoms with Crippen LogP contribution in [0.1, 0.15) is 19.3 Å². The highest BCUT2D eigenvalue weighted by Crippen LogP contribution is 2.38. The van der Waals surface area contributed by atoms with Crippen LogP contribution in [0, 0.1) is 3.57 Å². The van der Waals surface area contributed by atoms with Crippen LogP contribution < -0.4 is 4.90 Å². The maximum absolute atomic E-state index is 5.96. The van der Waals surface area contributed by atoms with Crippen molar-refractivity contribution < 1.29 is 4.74 Å². The molecule has 3 rings (SSSR count). The number of aromatic nitrogens is 2. The Balaban J connectivity index is 1.84. The van der Waals surface area contributed by atoms with Gasteiger partial charge < -0.3 is 14.2 Å². The molecule has 25 heavy (non-hydrogen) atoms. The van der Waals surface area contributed by atoms with Crippen LogP contribution in [0.5, 0.6) is 0 Å². The molecule has 0 atom stereocenters. The van der Waals surface area contributed by atoms with E-state index in [-0.39, 0.29) is 0 Å². The Labute approximate surface area is 173 Å². The second-order valence-corrected chi connectivity index (χ2v) is 15.6. The van der Waals surface area contributed by atoms with E-state index in [0.29, 0.717) is 6.73 Å². The Kier molecular flexibility index (Phi) is 6.49. The molecule has 0 saturated carbocycles. The van der Waals surface area contributed by atoms with E-state index in [1.165, 1.54) is 40.0 Å². The molecule has 138 valence electrons. The zero-order valence-corrected chi connectivity index (χ0v) is 20.1. The summed E-state index contributed by atoms with van der Waals surface area (Å²) in [6.45, 7) is 10.8. The lowest BCUT2D eigenvalue weighted by Gasteiger charge is -2.30. The third-order valence-corrected chi connectivity index (χ3v) is 7.77. The molecule has 0 bridgehead atoms. The number of fused-ring (bicyclic) bond motifs is 1. The largest absolute Gasteiger partial charge is 0.370 e. The van der Waals surface area contributed by atoms with Gasteiger partial charge in [-0.05, 0) is 63.8 Å². The molecular formula is C18H27BrIN3OSi. The van der Waals surface area contributed by atoms with Crippen molar-refractivity contribution >= 4 is 63.3 Å². The van der Waals surface area contributed by atoms with Gasteiger partial charge in [0.1, 0.15) is 12.4 Å². The molecule has 0 N–H and O–H groups in total. The highest BCUT2D eigenvalue weighted by molar-refractivity contribution is 14.1. The third-order valence-electron chi connectivity index (χ3n) is 4.67. The second kappa shape index (κ2) is 8.27. The van der Waals surface area contributed by atoms with Gasteiger partial charge in [-0.1, -0.05) is 19.6 Å². The Morgan fingerprint density at radius 3 is 2.64 bits per heavy atom. The summed E-state index contributed by atoms with van der Waals surface area (Å²) in [7, 11) is -1.05. The van der Waals surface area contributed by atoms with Gasteiger partial charge in [0.25, 0.3) is 0 Å². The van der Waals surface area contributed by atoms with Gasteiger partial charge in [-0.15, -0.1) is 0 Å². The van der Waals surface area contributed by atoms with E-state index in [4.69, 9.17) is 9.72 Å². The first kappa shape index (κ1) is 19.6. The van der Waals surface area contributed by atoms with Gasteiger partial charge >= 0.3 is 0 Å². The van der Waals surface area contributed by atoms with E-state index in [2.05, 4.69) is 73.8 Å². The van der Waals surface area contributed by atoms with E-state index in [9.17, 15) is 0 Å². The lowest BCUT2D eigenvalue weighted by atomic mass is 10.1. The number of nitrogens with zero attached hydrogens (tertiary/aromatic N) is 3. The average molecular weight is 536 g/mol. The zero-order valence-electron chi connectivity index (χ0n) is 15.3. The summed E-state index contributed by atoms with van der Waals surface area (Å²) in [6, 6.07) is 1.20. The van der Waals surface area contributed by atoms with E-state index in [1.807, 2.05) is 6.20 Å². The number of hydrogen-bond donors (Lipinski definition) is 0. The van der Waals surface area contributed by atoms with Crippen LogP contribution in [0.3, 0.4) is 0 Å². The lowest BCUT2D eigenvalue weighted by Crippen LogP contribution is -2.30. The zero-order chi connectivity index (χ0) is 18.0. The number of pyridine rings is 1. The van der Waals surface area contributed by atoms with Gasteiger partial charge in [-0.25, -0.2) is 4.98 Å². The van der Waals surface area contributed by atoms with Gasteiger partial charge in [0.15, 0.2) is 0 Å². The first-order chi connectivity index (χ1) is 11.9. The van der Waals surface area contributed by atoms with E-state index in [1.54, 1.807) is 0 Å². The summed E-state index contributed by atoms with van der Waals surface area (Å²) < 4.78 is 10.5. The van der Waals surface area contributed by atoms with Crippen molar-refractivity contribution in [3.63, 3.8) is 0 Å². The second-order valence-electron chi connectivity index (χ2n) is 8.00. The van der Waals surface area contributed by atoms with Crippen molar-refractivity contribution in [1.82, 2.24) is 9.55 Å². The molecule has 0 unspecified atom stereocenters. The number of hydrogen-bond acceptors (Lipinski definition) is 3. The Morgan fingerprint density at radius 1 is 1.24 bits per heavy atom. The fourth-order valence-electron chi connectivity index (χ4n) is 3.24. The fourth-order valence-corrected chi connectivity index (χ4v) is 5.38. The van der Waals surface area contributed by atoms with Crippen molar-refractivity contribution in [1.29, 1.82) is 0 Å². The van der Waals surface area contributed by atoms with Crippen molar-refractivity contribution in [3.8, 4) is 0 Å². The number of ether oxygens (including phenoxy) is 1. The predicted octanol–water partition coefficient (Wildman–Crippen LogP) is 5.71. The maximum Gasteiger partial charge on any atom is 0.145 e. The summed E-state index contributed by atoms with van der Waals surface area (Å²) in [5.74, 6) is 0. The quantitative estimate of drug-likeness (QED) is 0.270. The lowest BCUT2D eigenvalue weighted by molar-refractivity contribution is 0.0898. The van der Waals surface area contributed by atoms with Gasteiger partial charge in [0.05, 0.1) is 15.5 Å². The topological polar surface area (TPSA) is 30.3 Å². The summed E-state index contributed by atoms with van der Waals surface area (Å²) in [6.07, 6.45) is 8.00. The average Bonchev–Trinajstić information content (AvgIpc) is 2.88. The first-order valence-electron chi connectivity index (χ1n) is 9.02. The molecule has 3 heterocycles. The molecular weight excluding hydrogens is 509 g/mol. The minimum atomic E-state index is -1.05. The molecule has 1 fully saturated rings. The maximum atomic E-state index is 5.96. The van der Waals surface area contributed by atoms with Crippen LogP contribution in [-0.2, 0) is 11.5 Å².